The van der Waals surface area contributed by atoms with E-state index >= 15 is 0 Å². The Kier molecular flexibility index (Phi) is 3.18. The van der Waals surface area contributed by atoms with Gasteiger partial charge in [0.15, 0.2) is 0 Å². The zero-order chi connectivity index (χ0) is 13.2. The highest BCUT2D eigenvalue weighted by atomic mass is 19.4. The fourth-order valence-corrected chi connectivity index (χ4v) is 1.44. The summed E-state index contributed by atoms with van der Waals surface area (Å²) < 4.78 is 53.3. The van der Waals surface area contributed by atoms with Crippen LogP contribution in [0.15, 0.2) is 42.6 Å². The molecule has 0 saturated heterocycles. The van der Waals surface area contributed by atoms with Crippen LogP contribution in [-0.4, -0.2) is 11.3 Å². The van der Waals surface area contributed by atoms with Crippen LogP contribution in [0.3, 0.4) is 0 Å². The predicted molar refractivity (Wildman–Crippen MR) is 56.3 cm³/mol. The molecule has 0 fully saturated rings. The zero-order valence-corrected chi connectivity index (χ0v) is 8.91. The minimum absolute atomic E-state index is 0.0230. The minimum Gasteiger partial charge on any atom is -0.406 e. The van der Waals surface area contributed by atoms with E-state index in [1.54, 1.807) is 0 Å². The first-order chi connectivity index (χ1) is 8.46. The molecule has 2 rings (SSSR count). The van der Waals surface area contributed by atoms with Gasteiger partial charge in [0.05, 0.1) is 0 Å². The van der Waals surface area contributed by atoms with Crippen molar-refractivity contribution in [2.75, 3.05) is 0 Å². The van der Waals surface area contributed by atoms with E-state index in [2.05, 4.69) is 9.72 Å². The lowest BCUT2D eigenvalue weighted by Crippen LogP contribution is -2.17. The largest absolute Gasteiger partial charge is 0.573 e. The summed E-state index contributed by atoms with van der Waals surface area (Å²) in [5.41, 5.74) is 0.194. The van der Waals surface area contributed by atoms with Crippen LogP contribution in [0.5, 0.6) is 5.75 Å². The Morgan fingerprint density at radius 1 is 1.06 bits per heavy atom. The summed E-state index contributed by atoms with van der Waals surface area (Å²) in [5, 5.41) is 0. The maximum atomic E-state index is 13.4. The smallest absolute Gasteiger partial charge is 0.406 e. The zero-order valence-electron chi connectivity index (χ0n) is 8.91. The van der Waals surface area contributed by atoms with Crippen molar-refractivity contribution in [3.05, 3.63) is 48.4 Å². The standard InChI is InChI=1S/C12H7F4NO/c13-10-5-2-6-17-11(10)8-3-1-4-9(7-8)18-12(14,15)16/h1-7H. The molecule has 1 heterocycles. The molecule has 0 saturated carbocycles. The second-order valence-corrected chi connectivity index (χ2v) is 3.41. The summed E-state index contributed by atoms with van der Waals surface area (Å²) in [5.74, 6) is -1.02. The molecular weight excluding hydrogens is 250 g/mol. The summed E-state index contributed by atoms with van der Waals surface area (Å²) in [6, 6.07) is 7.59. The Hall–Kier alpha value is -2.11. The summed E-state index contributed by atoms with van der Waals surface area (Å²) in [6.07, 6.45) is -3.42. The quantitative estimate of drug-likeness (QED) is 0.764. The van der Waals surface area contributed by atoms with Gasteiger partial charge < -0.3 is 4.74 Å². The average molecular weight is 257 g/mol. The lowest BCUT2D eigenvalue weighted by Gasteiger charge is -2.10. The Morgan fingerprint density at radius 2 is 1.83 bits per heavy atom. The van der Waals surface area contributed by atoms with E-state index in [0.29, 0.717) is 0 Å². The number of alkyl halides is 3. The van der Waals surface area contributed by atoms with Gasteiger partial charge in [-0.2, -0.15) is 0 Å². The maximum absolute atomic E-state index is 13.4. The van der Waals surface area contributed by atoms with Gasteiger partial charge in [0.25, 0.3) is 0 Å². The molecule has 0 bridgehead atoms. The first-order valence-electron chi connectivity index (χ1n) is 4.92. The topological polar surface area (TPSA) is 22.1 Å². The number of halogens is 4. The van der Waals surface area contributed by atoms with Crippen LogP contribution in [0, 0.1) is 5.82 Å². The van der Waals surface area contributed by atoms with Gasteiger partial charge in [0.1, 0.15) is 17.3 Å². The molecule has 94 valence electrons. The van der Waals surface area contributed by atoms with Crippen molar-refractivity contribution in [1.82, 2.24) is 4.98 Å². The van der Waals surface area contributed by atoms with Gasteiger partial charge in [-0.05, 0) is 24.3 Å². The Morgan fingerprint density at radius 3 is 2.50 bits per heavy atom. The van der Waals surface area contributed by atoms with Gasteiger partial charge in [-0.15, -0.1) is 13.2 Å². The lowest BCUT2D eigenvalue weighted by molar-refractivity contribution is -0.274. The van der Waals surface area contributed by atoms with Crippen LogP contribution in [0.2, 0.25) is 0 Å². The van der Waals surface area contributed by atoms with Crippen LogP contribution in [0.25, 0.3) is 11.3 Å². The van der Waals surface area contributed by atoms with Crippen LogP contribution in [-0.2, 0) is 0 Å². The van der Waals surface area contributed by atoms with Crippen molar-refractivity contribution in [3.8, 4) is 17.0 Å². The molecule has 0 unspecified atom stereocenters. The SMILES string of the molecule is Fc1cccnc1-c1cccc(OC(F)(F)F)c1. The molecule has 0 aliphatic heterocycles. The predicted octanol–water partition coefficient (Wildman–Crippen LogP) is 3.79. The van der Waals surface area contributed by atoms with Gasteiger partial charge >= 0.3 is 6.36 Å². The molecule has 1 aromatic heterocycles. The molecule has 0 aliphatic rings. The van der Waals surface area contributed by atoms with Crippen LogP contribution in [0.1, 0.15) is 0 Å². The number of benzene rings is 1. The van der Waals surface area contributed by atoms with E-state index in [1.807, 2.05) is 0 Å². The van der Waals surface area contributed by atoms with E-state index in [4.69, 9.17) is 0 Å². The van der Waals surface area contributed by atoms with Crippen molar-refractivity contribution >= 4 is 0 Å². The van der Waals surface area contributed by atoms with Crippen molar-refractivity contribution in [1.29, 1.82) is 0 Å². The molecule has 0 atom stereocenters. The third kappa shape index (κ3) is 2.97. The van der Waals surface area contributed by atoms with Crippen molar-refractivity contribution < 1.29 is 22.3 Å². The molecular formula is C12H7F4NO. The summed E-state index contributed by atoms with van der Waals surface area (Å²) in [4.78, 5) is 3.77. The monoisotopic (exact) mass is 257 g/mol. The van der Waals surface area contributed by atoms with E-state index in [0.717, 1.165) is 12.1 Å². The molecule has 0 radical (unpaired) electrons. The molecule has 2 aromatic rings. The number of rotatable bonds is 2. The first kappa shape index (κ1) is 12.3. The number of aromatic nitrogens is 1. The fraction of sp³-hybridized carbons (Fsp3) is 0.0833. The molecule has 2 nitrogen and oxygen atoms in total. The van der Waals surface area contributed by atoms with Gasteiger partial charge in [-0.3, -0.25) is 4.98 Å². The van der Waals surface area contributed by atoms with Crippen molar-refractivity contribution in [2.45, 2.75) is 6.36 Å². The number of pyridine rings is 1. The summed E-state index contributed by atoms with van der Waals surface area (Å²) >= 11 is 0. The van der Waals surface area contributed by atoms with E-state index in [9.17, 15) is 17.6 Å². The third-order valence-electron chi connectivity index (χ3n) is 2.10. The molecule has 0 aliphatic carbocycles. The van der Waals surface area contributed by atoms with E-state index in [-0.39, 0.29) is 11.3 Å². The number of nitrogens with zero attached hydrogens (tertiary/aromatic N) is 1. The van der Waals surface area contributed by atoms with Crippen LogP contribution >= 0.6 is 0 Å². The van der Waals surface area contributed by atoms with Crippen LogP contribution < -0.4 is 4.74 Å². The molecule has 0 N–H and O–H groups in total. The Labute approximate surface area is 99.8 Å². The van der Waals surface area contributed by atoms with Crippen LogP contribution in [0.4, 0.5) is 17.6 Å². The van der Waals surface area contributed by atoms with Crippen molar-refractivity contribution in [3.63, 3.8) is 0 Å². The summed E-state index contributed by atoms with van der Waals surface area (Å²) in [7, 11) is 0. The number of hydrogen-bond acceptors (Lipinski definition) is 2. The minimum atomic E-state index is -4.78. The lowest BCUT2D eigenvalue weighted by atomic mass is 10.1. The second-order valence-electron chi connectivity index (χ2n) is 3.41. The number of hydrogen-bond donors (Lipinski definition) is 0. The Bertz CT molecular complexity index is 554. The molecule has 18 heavy (non-hydrogen) atoms. The molecule has 6 heteroatoms. The molecule has 1 aromatic carbocycles. The number of ether oxygens (including phenoxy) is 1. The van der Waals surface area contributed by atoms with Gasteiger partial charge in [-0.1, -0.05) is 12.1 Å². The highest BCUT2D eigenvalue weighted by molar-refractivity contribution is 5.61. The normalized spacial score (nSPS) is 11.3. The highest BCUT2D eigenvalue weighted by Crippen LogP contribution is 2.27. The van der Waals surface area contributed by atoms with Gasteiger partial charge in [0.2, 0.25) is 0 Å². The second kappa shape index (κ2) is 4.64. The van der Waals surface area contributed by atoms with Gasteiger partial charge in [0, 0.05) is 11.8 Å². The molecule has 0 spiro atoms. The first-order valence-corrected chi connectivity index (χ1v) is 4.92. The fourth-order valence-electron chi connectivity index (χ4n) is 1.44. The third-order valence-corrected chi connectivity index (χ3v) is 2.10. The summed E-state index contributed by atoms with van der Waals surface area (Å²) in [6.45, 7) is 0. The van der Waals surface area contributed by atoms with E-state index < -0.39 is 17.9 Å². The molecule has 0 amide bonds. The Balaban J connectivity index is 2.36. The van der Waals surface area contributed by atoms with Gasteiger partial charge in [-0.25, -0.2) is 4.39 Å². The maximum Gasteiger partial charge on any atom is 0.573 e. The van der Waals surface area contributed by atoms with E-state index in [1.165, 1.54) is 30.5 Å². The van der Waals surface area contributed by atoms with Crippen molar-refractivity contribution in [2.24, 2.45) is 0 Å². The highest BCUT2D eigenvalue weighted by Gasteiger charge is 2.31. The average Bonchev–Trinajstić information content (AvgIpc) is 2.27.